The zero-order valence-electron chi connectivity index (χ0n) is 14.4. The third-order valence-electron chi connectivity index (χ3n) is 5.28. The quantitative estimate of drug-likeness (QED) is 0.637. The fraction of sp³-hybridized carbons (Fsp3) is 0.941. The minimum atomic E-state index is 0.774. The van der Waals surface area contributed by atoms with Crippen molar-refractivity contribution in [2.45, 2.75) is 39.0 Å². The first-order valence-corrected chi connectivity index (χ1v) is 8.68. The highest BCUT2D eigenvalue weighted by Crippen LogP contribution is 2.28. The maximum absolute atomic E-state index is 4.47. The van der Waals surface area contributed by atoms with Gasteiger partial charge in [0, 0.05) is 33.7 Å². The van der Waals surface area contributed by atoms with Crippen LogP contribution < -0.4 is 5.32 Å². The zero-order valence-corrected chi connectivity index (χ0v) is 14.4. The van der Waals surface area contributed by atoms with Gasteiger partial charge >= 0.3 is 0 Å². The molecule has 0 aromatic heterocycles. The summed E-state index contributed by atoms with van der Waals surface area (Å²) in [6.45, 7) is 7.05. The average Bonchev–Trinajstić information content (AvgIpc) is 2.88. The second-order valence-corrected chi connectivity index (χ2v) is 7.35. The van der Waals surface area contributed by atoms with E-state index in [1.54, 1.807) is 0 Å². The summed E-state index contributed by atoms with van der Waals surface area (Å²) in [5, 5.41) is 3.58. The van der Waals surface area contributed by atoms with Crippen molar-refractivity contribution in [3.05, 3.63) is 0 Å². The molecular formula is C17H34N4. The Bertz CT molecular complexity index is 334. The van der Waals surface area contributed by atoms with Gasteiger partial charge in [-0.3, -0.25) is 4.99 Å². The molecule has 0 amide bonds. The lowest BCUT2D eigenvalue weighted by Crippen LogP contribution is -2.43. The van der Waals surface area contributed by atoms with Gasteiger partial charge in [0.25, 0.3) is 0 Å². The van der Waals surface area contributed by atoms with E-state index in [9.17, 15) is 0 Å². The number of guanidine groups is 1. The number of rotatable bonds is 4. The van der Waals surface area contributed by atoms with Crippen molar-refractivity contribution in [2.24, 2.45) is 22.7 Å². The van der Waals surface area contributed by atoms with Gasteiger partial charge in [-0.05, 0) is 50.6 Å². The summed E-state index contributed by atoms with van der Waals surface area (Å²) in [4.78, 5) is 9.22. The molecule has 1 atom stereocenters. The molecule has 2 fully saturated rings. The van der Waals surface area contributed by atoms with E-state index in [1.807, 2.05) is 7.05 Å². The van der Waals surface area contributed by atoms with Crippen LogP contribution in [0.1, 0.15) is 39.0 Å². The number of nitrogens with zero attached hydrogens (tertiary/aromatic N) is 3. The van der Waals surface area contributed by atoms with E-state index in [-0.39, 0.29) is 0 Å². The Kier molecular flexibility index (Phi) is 6.34. The third-order valence-corrected chi connectivity index (χ3v) is 5.28. The second kappa shape index (κ2) is 8.02. The molecule has 0 bridgehead atoms. The molecule has 0 radical (unpaired) electrons. The Morgan fingerprint density at radius 3 is 2.48 bits per heavy atom. The van der Waals surface area contributed by atoms with Crippen LogP contribution in [0.4, 0.5) is 0 Å². The lowest BCUT2D eigenvalue weighted by molar-refractivity contribution is 0.249. The Hall–Kier alpha value is -0.770. The number of hydrogen-bond acceptors (Lipinski definition) is 2. The highest BCUT2D eigenvalue weighted by molar-refractivity contribution is 5.79. The van der Waals surface area contributed by atoms with E-state index in [1.165, 1.54) is 45.2 Å². The van der Waals surface area contributed by atoms with Crippen molar-refractivity contribution >= 4 is 5.96 Å². The first-order valence-electron chi connectivity index (χ1n) is 8.68. The fourth-order valence-electron chi connectivity index (χ4n) is 3.80. The highest BCUT2D eigenvalue weighted by Gasteiger charge is 2.22. The minimum absolute atomic E-state index is 0.774. The Balaban J connectivity index is 1.72. The Morgan fingerprint density at radius 1 is 1.19 bits per heavy atom. The Morgan fingerprint density at radius 2 is 1.90 bits per heavy atom. The Labute approximate surface area is 131 Å². The van der Waals surface area contributed by atoms with Crippen LogP contribution in [0.15, 0.2) is 4.99 Å². The van der Waals surface area contributed by atoms with Gasteiger partial charge in [0.1, 0.15) is 0 Å². The molecule has 4 heteroatoms. The number of likely N-dealkylation sites (tertiary alicyclic amines) is 1. The molecule has 1 saturated carbocycles. The van der Waals surface area contributed by atoms with Crippen molar-refractivity contribution in [1.82, 2.24) is 15.1 Å². The van der Waals surface area contributed by atoms with Crippen LogP contribution in [-0.2, 0) is 0 Å². The summed E-state index contributed by atoms with van der Waals surface area (Å²) < 4.78 is 0. The van der Waals surface area contributed by atoms with Crippen LogP contribution in [0, 0.1) is 17.8 Å². The van der Waals surface area contributed by atoms with Crippen LogP contribution in [-0.4, -0.2) is 63.1 Å². The van der Waals surface area contributed by atoms with Crippen LogP contribution in [0.2, 0.25) is 0 Å². The molecule has 1 saturated heterocycles. The maximum Gasteiger partial charge on any atom is 0.193 e. The van der Waals surface area contributed by atoms with Gasteiger partial charge in [0.05, 0.1) is 0 Å². The molecule has 0 spiro atoms. The summed E-state index contributed by atoms with van der Waals surface area (Å²) in [7, 11) is 6.31. The third kappa shape index (κ3) is 5.17. The fourth-order valence-corrected chi connectivity index (χ4v) is 3.80. The monoisotopic (exact) mass is 294 g/mol. The predicted octanol–water partition coefficient (Wildman–Crippen LogP) is 2.27. The first kappa shape index (κ1) is 16.6. The number of aliphatic imine (C=N–C) groups is 1. The molecular weight excluding hydrogens is 260 g/mol. The molecule has 2 aliphatic rings. The first-order chi connectivity index (χ1) is 10.1. The largest absolute Gasteiger partial charge is 0.356 e. The molecule has 0 aromatic carbocycles. The maximum atomic E-state index is 4.47. The molecule has 2 rings (SSSR count). The smallest absolute Gasteiger partial charge is 0.193 e. The van der Waals surface area contributed by atoms with E-state index >= 15 is 0 Å². The van der Waals surface area contributed by atoms with Crippen LogP contribution in [0.25, 0.3) is 0 Å². The summed E-state index contributed by atoms with van der Waals surface area (Å²) >= 11 is 0. The molecule has 1 heterocycles. The van der Waals surface area contributed by atoms with Gasteiger partial charge in [0.15, 0.2) is 5.96 Å². The molecule has 122 valence electrons. The molecule has 4 nitrogen and oxygen atoms in total. The van der Waals surface area contributed by atoms with Crippen molar-refractivity contribution in [2.75, 3.05) is 47.3 Å². The van der Waals surface area contributed by atoms with Crippen LogP contribution in [0.5, 0.6) is 0 Å². The van der Waals surface area contributed by atoms with Gasteiger partial charge in [-0.2, -0.15) is 0 Å². The van der Waals surface area contributed by atoms with E-state index < -0.39 is 0 Å². The lowest BCUT2D eigenvalue weighted by atomic mass is 9.83. The molecule has 1 aliphatic carbocycles. The SMILES string of the molecule is CN=C(NCC1CCN(C)C1)N(C)CC1CCC(C)CC1. The van der Waals surface area contributed by atoms with E-state index in [0.717, 1.165) is 36.8 Å². The van der Waals surface area contributed by atoms with Gasteiger partial charge in [0.2, 0.25) is 0 Å². The summed E-state index contributed by atoms with van der Waals surface area (Å²) in [5.41, 5.74) is 0. The summed E-state index contributed by atoms with van der Waals surface area (Å²) in [6.07, 6.45) is 6.88. The standard InChI is InChI=1S/C17H34N4/c1-14-5-7-15(8-6-14)13-21(4)17(18-2)19-11-16-9-10-20(3)12-16/h14-16H,5-13H2,1-4H3,(H,18,19). The van der Waals surface area contributed by atoms with Gasteiger partial charge in [-0.1, -0.05) is 19.8 Å². The average molecular weight is 294 g/mol. The topological polar surface area (TPSA) is 30.9 Å². The van der Waals surface area contributed by atoms with Crippen molar-refractivity contribution in [1.29, 1.82) is 0 Å². The van der Waals surface area contributed by atoms with Gasteiger partial charge in [-0.25, -0.2) is 0 Å². The molecule has 21 heavy (non-hydrogen) atoms. The zero-order chi connectivity index (χ0) is 15.2. The van der Waals surface area contributed by atoms with E-state index in [0.29, 0.717) is 0 Å². The van der Waals surface area contributed by atoms with Gasteiger partial charge in [-0.15, -0.1) is 0 Å². The van der Waals surface area contributed by atoms with Gasteiger partial charge < -0.3 is 15.1 Å². The summed E-state index contributed by atoms with van der Waals surface area (Å²) in [6, 6.07) is 0. The predicted molar refractivity (Wildman–Crippen MR) is 90.7 cm³/mol. The van der Waals surface area contributed by atoms with Crippen LogP contribution >= 0.6 is 0 Å². The molecule has 1 unspecified atom stereocenters. The molecule has 1 aliphatic heterocycles. The minimum Gasteiger partial charge on any atom is -0.356 e. The van der Waals surface area contributed by atoms with Crippen LogP contribution in [0.3, 0.4) is 0 Å². The second-order valence-electron chi connectivity index (χ2n) is 7.35. The highest BCUT2D eigenvalue weighted by atomic mass is 15.3. The molecule has 0 aromatic rings. The summed E-state index contributed by atoms with van der Waals surface area (Å²) in [5.74, 6) is 3.63. The van der Waals surface area contributed by atoms with Crippen molar-refractivity contribution in [3.8, 4) is 0 Å². The lowest BCUT2D eigenvalue weighted by Gasteiger charge is -2.31. The van der Waals surface area contributed by atoms with E-state index in [2.05, 4.69) is 41.1 Å². The molecule has 1 N–H and O–H groups in total. The van der Waals surface area contributed by atoms with Crippen molar-refractivity contribution in [3.63, 3.8) is 0 Å². The normalized spacial score (nSPS) is 31.4. The van der Waals surface area contributed by atoms with Crippen molar-refractivity contribution < 1.29 is 0 Å². The number of hydrogen-bond donors (Lipinski definition) is 1. The number of nitrogens with one attached hydrogen (secondary N) is 1. The van der Waals surface area contributed by atoms with E-state index in [4.69, 9.17) is 0 Å².